The molecule has 1 aliphatic rings. The van der Waals surface area contributed by atoms with Crippen molar-refractivity contribution in [1.82, 2.24) is 0 Å². The van der Waals surface area contributed by atoms with Crippen LogP contribution in [0.5, 0.6) is 0 Å². The molecule has 1 heterocycles. The van der Waals surface area contributed by atoms with Crippen LogP contribution in [0, 0.1) is 5.82 Å². The molecular formula is C15H13FN2S. The number of nitrogens with zero attached hydrogens (tertiary/aromatic N) is 1. The van der Waals surface area contributed by atoms with E-state index in [9.17, 15) is 4.39 Å². The molecule has 3 rings (SSSR count). The number of thiocarbonyl (C=S) groups is 1. The van der Waals surface area contributed by atoms with Crippen LogP contribution in [0.25, 0.3) is 0 Å². The number of hydrogen-bond acceptors (Lipinski definition) is 2. The molecule has 0 saturated carbocycles. The molecule has 0 fully saturated rings. The molecule has 0 spiro atoms. The van der Waals surface area contributed by atoms with Crippen molar-refractivity contribution in [3.8, 4) is 0 Å². The Morgan fingerprint density at radius 3 is 2.74 bits per heavy atom. The van der Waals surface area contributed by atoms with Gasteiger partial charge in [0.25, 0.3) is 0 Å². The standard InChI is InChI=1S/C15H13FN2S/c16-11-5-6-14(12(9-11)15(17)19)18-8-7-10-3-1-2-4-13(10)18/h1-6,9H,7-8H2,(H2,17,19). The summed E-state index contributed by atoms with van der Waals surface area (Å²) in [5, 5.41) is 0. The first-order chi connectivity index (χ1) is 9.16. The first-order valence-electron chi connectivity index (χ1n) is 6.11. The Hall–Kier alpha value is -1.94. The Balaban J connectivity index is 2.12. The van der Waals surface area contributed by atoms with E-state index in [0.717, 1.165) is 24.3 Å². The molecule has 19 heavy (non-hydrogen) atoms. The van der Waals surface area contributed by atoms with Crippen molar-refractivity contribution < 1.29 is 4.39 Å². The Labute approximate surface area is 116 Å². The van der Waals surface area contributed by atoms with Crippen LogP contribution in [0.1, 0.15) is 11.1 Å². The summed E-state index contributed by atoms with van der Waals surface area (Å²) in [6.07, 6.45) is 0.977. The second-order valence-corrected chi connectivity index (χ2v) is 5.00. The largest absolute Gasteiger partial charge is 0.389 e. The average Bonchev–Trinajstić information content (AvgIpc) is 2.82. The second kappa shape index (κ2) is 4.63. The summed E-state index contributed by atoms with van der Waals surface area (Å²) in [5.41, 5.74) is 9.61. The van der Waals surface area contributed by atoms with E-state index in [-0.39, 0.29) is 10.8 Å². The molecule has 0 bridgehead atoms. The van der Waals surface area contributed by atoms with Gasteiger partial charge in [0.05, 0.1) is 5.69 Å². The number of hydrogen-bond donors (Lipinski definition) is 1. The van der Waals surface area contributed by atoms with E-state index >= 15 is 0 Å². The van der Waals surface area contributed by atoms with Crippen molar-refractivity contribution in [1.29, 1.82) is 0 Å². The predicted octanol–water partition coefficient (Wildman–Crippen LogP) is 3.15. The molecule has 2 aromatic carbocycles. The summed E-state index contributed by atoms with van der Waals surface area (Å²) >= 11 is 5.03. The van der Waals surface area contributed by atoms with Gasteiger partial charge >= 0.3 is 0 Å². The third-order valence-corrected chi connectivity index (χ3v) is 3.62. The summed E-state index contributed by atoms with van der Waals surface area (Å²) in [5.74, 6) is -0.320. The Kier molecular flexibility index (Phi) is 2.95. The van der Waals surface area contributed by atoms with Gasteiger partial charge in [-0.15, -0.1) is 0 Å². The van der Waals surface area contributed by atoms with Crippen LogP contribution in [-0.4, -0.2) is 11.5 Å². The summed E-state index contributed by atoms with van der Waals surface area (Å²) in [4.78, 5) is 2.36. The molecule has 4 heteroatoms. The number of fused-ring (bicyclic) bond motifs is 1. The molecule has 0 aliphatic carbocycles. The minimum atomic E-state index is -0.320. The number of benzene rings is 2. The maximum Gasteiger partial charge on any atom is 0.124 e. The van der Waals surface area contributed by atoms with E-state index in [2.05, 4.69) is 17.0 Å². The number of nitrogens with two attached hydrogens (primary N) is 1. The SMILES string of the molecule is NC(=S)c1cc(F)ccc1N1CCc2ccccc21. The highest BCUT2D eigenvalue weighted by Gasteiger charge is 2.22. The van der Waals surface area contributed by atoms with E-state index in [4.69, 9.17) is 18.0 Å². The fourth-order valence-electron chi connectivity index (χ4n) is 2.53. The van der Waals surface area contributed by atoms with Gasteiger partial charge in [0.2, 0.25) is 0 Å². The smallest absolute Gasteiger partial charge is 0.124 e. The quantitative estimate of drug-likeness (QED) is 0.852. The fraction of sp³-hybridized carbons (Fsp3) is 0.133. The zero-order chi connectivity index (χ0) is 13.4. The van der Waals surface area contributed by atoms with Gasteiger partial charge in [0.15, 0.2) is 0 Å². The number of halogens is 1. The van der Waals surface area contributed by atoms with Gasteiger partial charge in [0, 0.05) is 17.8 Å². The molecule has 0 atom stereocenters. The first-order valence-corrected chi connectivity index (χ1v) is 6.52. The van der Waals surface area contributed by atoms with Crippen molar-refractivity contribution in [3.63, 3.8) is 0 Å². The van der Waals surface area contributed by atoms with E-state index < -0.39 is 0 Å². The van der Waals surface area contributed by atoms with E-state index in [1.165, 1.54) is 17.7 Å². The summed E-state index contributed by atoms with van der Waals surface area (Å²) in [6.45, 7) is 0.862. The lowest BCUT2D eigenvalue weighted by atomic mass is 10.1. The topological polar surface area (TPSA) is 29.3 Å². The molecule has 96 valence electrons. The van der Waals surface area contributed by atoms with Crippen molar-refractivity contribution in [2.24, 2.45) is 5.73 Å². The van der Waals surface area contributed by atoms with Crippen LogP contribution >= 0.6 is 12.2 Å². The Morgan fingerprint density at radius 1 is 1.16 bits per heavy atom. The monoisotopic (exact) mass is 272 g/mol. The third kappa shape index (κ3) is 2.08. The molecule has 0 saturated heterocycles. The number of anilines is 2. The summed E-state index contributed by atoms with van der Waals surface area (Å²) in [6, 6.07) is 12.8. The fourth-order valence-corrected chi connectivity index (χ4v) is 2.69. The van der Waals surface area contributed by atoms with Crippen molar-refractivity contribution in [2.45, 2.75) is 6.42 Å². The molecule has 1 aliphatic heterocycles. The van der Waals surface area contributed by atoms with E-state index in [1.807, 2.05) is 12.1 Å². The van der Waals surface area contributed by atoms with Crippen LogP contribution in [0.3, 0.4) is 0 Å². The average molecular weight is 272 g/mol. The first kappa shape index (κ1) is 12.1. The van der Waals surface area contributed by atoms with Crippen molar-refractivity contribution in [3.05, 3.63) is 59.4 Å². The Morgan fingerprint density at radius 2 is 1.95 bits per heavy atom. The van der Waals surface area contributed by atoms with Crippen LogP contribution < -0.4 is 10.6 Å². The van der Waals surface area contributed by atoms with Crippen LogP contribution in [0.15, 0.2) is 42.5 Å². The lowest BCUT2D eigenvalue weighted by molar-refractivity contribution is 0.627. The zero-order valence-corrected chi connectivity index (χ0v) is 11.1. The normalized spacial score (nSPS) is 13.4. The zero-order valence-electron chi connectivity index (χ0n) is 10.3. The maximum atomic E-state index is 13.4. The van der Waals surface area contributed by atoms with E-state index in [1.54, 1.807) is 6.07 Å². The minimum Gasteiger partial charge on any atom is -0.389 e. The van der Waals surface area contributed by atoms with Crippen molar-refractivity contribution >= 4 is 28.6 Å². The third-order valence-electron chi connectivity index (χ3n) is 3.40. The molecular weight excluding hydrogens is 259 g/mol. The highest BCUT2D eigenvalue weighted by atomic mass is 32.1. The number of rotatable bonds is 2. The van der Waals surface area contributed by atoms with Gasteiger partial charge in [-0.3, -0.25) is 0 Å². The van der Waals surface area contributed by atoms with Gasteiger partial charge < -0.3 is 10.6 Å². The van der Waals surface area contributed by atoms with Gasteiger partial charge in [-0.2, -0.15) is 0 Å². The molecule has 0 radical (unpaired) electrons. The van der Waals surface area contributed by atoms with Crippen LogP contribution in [0.4, 0.5) is 15.8 Å². The Bertz CT molecular complexity index is 654. The lowest BCUT2D eigenvalue weighted by Crippen LogP contribution is -2.20. The molecule has 2 aromatic rings. The highest BCUT2D eigenvalue weighted by molar-refractivity contribution is 7.80. The van der Waals surface area contributed by atoms with Gasteiger partial charge in [-0.05, 0) is 36.2 Å². The molecule has 0 unspecified atom stereocenters. The molecule has 2 N–H and O–H groups in total. The maximum absolute atomic E-state index is 13.4. The van der Waals surface area contributed by atoms with Crippen molar-refractivity contribution in [2.75, 3.05) is 11.4 Å². The predicted molar refractivity (Wildman–Crippen MR) is 79.4 cm³/mol. The minimum absolute atomic E-state index is 0.221. The highest BCUT2D eigenvalue weighted by Crippen LogP contribution is 2.36. The van der Waals surface area contributed by atoms with Crippen LogP contribution in [-0.2, 0) is 6.42 Å². The molecule has 2 nitrogen and oxygen atoms in total. The summed E-state index contributed by atoms with van der Waals surface area (Å²) in [7, 11) is 0. The van der Waals surface area contributed by atoms with E-state index in [0.29, 0.717) is 5.56 Å². The summed E-state index contributed by atoms with van der Waals surface area (Å²) < 4.78 is 13.4. The van der Waals surface area contributed by atoms with Crippen LogP contribution in [0.2, 0.25) is 0 Å². The second-order valence-electron chi connectivity index (χ2n) is 4.56. The van der Waals surface area contributed by atoms with Gasteiger partial charge in [-0.25, -0.2) is 4.39 Å². The van der Waals surface area contributed by atoms with Gasteiger partial charge in [-0.1, -0.05) is 30.4 Å². The van der Waals surface area contributed by atoms with Gasteiger partial charge in [0.1, 0.15) is 10.8 Å². The molecule has 0 amide bonds. The number of para-hydroxylation sites is 1. The lowest BCUT2D eigenvalue weighted by Gasteiger charge is -2.22. The molecule has 0 aromatic heterocycles.